The highest BCUT2D eigenvalue weighted by molar-refractivity contribution is 7.91. The van der Waals surface area contributed by atoms with Crippen molar-refractivity contribution in [3.05, 3.63) is 75.2 Å². The summed E-state index contributed by atoms with van der Waals surface area (Å²) in [6, 6.07) is 11.9. The molecule has 1 fully saturated rings. The Morgan fingerprint density at radius 2 is 1.97 bits per heavy atom. The fraction of sp³-hybridized carbons (Fsp3) is 0.250. The minimum atomic E-state index is -3.21. The summed E-state index contributed by atoms with van der Waals surface area (Å²) in [4.78, 5) is 30.6. The van der Waals surface area contributed by atoms with Gasteiger partial charge in [-0.05, 0) is 49.6 Å². The van der Waals surface area contributed by atoms with Crippen molar-refractivity contribution in [2.75, 3.05) is 11.5 Å². The van der Waals surface area contributed by atoms with Crippen LogP contribution in [-0.4, -0.2) is 41.3 Å². The van der Waals surface area contributed by atoms with E-state index in [-0.39, 0.29) is 34.9 Å². The second-order valence-corrected chi connectivity index (χ2v) is 10.4. The number of nitriles is 1. The summed E-state index contributed by atoms with van der Waals surface area (Å²) >= 11 is 0. The summed E-state index contributed by atoms with van der Waals surface area (Å²) in [6.07, 6.45) is 2.95. The van der Waals surface area contributed by atoms with E-state index in [1.165, 1.54) is 4.40 Å². The highest BCUT2D eigenvalue weighted by Crippen LogP contribution is 2.27. The molecule has 1 saturated heterocycles. The molecule has 0 spiro atoms. The Morgan fingerprint density at radius 3 is 2.65 bits per heavy atom. The quantitative estimate of drug-likeness (QED) is 0.440. The molecule has 0 aliphatic carbocycles. The van der Waals surface area contributed by atoms with E-state index in [4.69, 9.17) is 4.74 Å². The van der Waals surface area contributed by atoms with Crippen LogP contribution in [0.25, 0.3) is 11.7 Å². The fourth-order valence-electron chi connectivity index (χ4n) is 3.73. The molecule has 1 aliphatic heterocycles. The molecule has 10 heteroatoms. The average Bonchev–Trinajstić information content (AvgIpc) is 3.13. The fourth-order valence-corrected chi connectivity index (χ4v) is 5.41. The lowest BCUT2D eigenvalue weighted by atomic mass is 10.1. The molecule has 9 nitrogen and oxygen atoms in total. The van der Waals surface area contributed by atoms with Crippen molar-refractivity contribution in [2.24, 2.45) is 0 Å². The highest BCUT2D eigenvalue weighted by atomic mass is 32.2. The first-order valence-electron chi connectivity index (χ1n) is 10.6. The molecule has 174 valence electrons. The molecule has 3 aromatic rings. The second kappa shape index (κ2) is 9.11. The smallest absolute Gasteiger partial charge is 0.269 e. The highest BCUT2D eigenvalue weighted by Gasteiger charge is 2.30. The van der Waals surface area contributed by atoms with Crippen LogP contribution in [0.2, 0.25) is 0 Å². The van der Waals surface area contributed by atoms with Gasteiger partial charge in [-0.15, -0.1) is 0 Å². The summed E-state index contributed by atoms with van der Waals surface area (Å²) in [5, 5.41) is 12.2. The molecule has 1 atom stereocenters. The number of sulfone groups is 1. The summed E-state index contributed by atoms with van der Waals surface area (Å²) < 4.78 is 30.7. The lowest BCUT2D eigenvalue weighted by molar-refractivity contribution is -0.117. The Morgan fingerprint density at radius 1 is 1.24 bits per heavy atom. The average molecular weight is 479 g/mol. The van der Waals surface area contributed by atoms with Crippen LogP contribution in [0, 0.1) is 25.2 Å². The first-order valence-corrected chi connectivity index (χ1v) is 12.4. The minimum Gasteiger partial charge on any atom is -0.438 e. The van der Waals surface area contributed by atoms with Gasteiger partial charge in [0.25, 0.3) is 11.5 Å². The first-order chi connectivity index (χ1) is 16.2. The third-order valence-electron chi connectivity index (χ3n) is 5.57. The SMILES string of the molecule is Cc1ccccc1Oc1nc2c(C)cccn2c(=O)c1C=C(C#N)C(=O)NC1CCS(=O)(=O)C1. The molecule has 1 aromatic carbocycles. The molecule has 0 bridgehead atoms. The predicted molar refractivity (Wildman–Crippen MR) is 126 cm³/mol. The summed E-state index contributed by atoms with van der Waals surface area (Å²) in [7, 11) is -3.21. The Kier molecular flexibility index (Phi) is 6.22. The van der Waals surface area contributed by atoms with Crippen molar-refractivity contribution < 1.29 is 17.9 Å². The number of carbonyl (C=O) groups is 1. The van der Waals surface area contributed by atoms with Gasteiger partial charge >= 0.3 is 0 Å². The van der Waals surface area contributed by atoms with E-state index < -0.39 is 27.3 Å². The second-order valence-electron chi connectivity index (χ2n) is 8.13. The largest absolute Gasteiger partial charge is 0.438 e. The van der Waals surface area contributed by atoms with E-state index in [9.17, 15) is 23.3 Å². The first kappa shape index (κ1) is 23.2. The van der Waals surface area contributed by atoms with Gasteiger partial charge < -0.3 is 10.1 Å². The van der Waals surface area contributed by atoms with E-state index in [0.29, 0.717) is 11.4 Å². The molecular weight excluding hydrogens is 456 g/mol. The van der Waals surface area contributed by atoms with Gasteiger partial charge in [-0.1, -0.05) is 24.3 Å². The van der Waals surface area contributed by atoms with Gasteiger partial charge in [0, 0.05) is 12.2 Å². The molecule has 1 unspecified atom stereocenters. The molecule has 4 rings (SSSR count). The van der Waals surface area contributed by atoms with Crippen molar-refractivity contribution in [3.8, 4) is 17.7 Å². The van der Waals surface area contributed by atoms with Crippen LogP contribution >= 0.6 is 0 Å². The standard InChI is InChI=1S/C24H22N4O5S/c1-15-6-3-4-8-20(15)33-23-19(24(30)28-10-5-7-16(2)21(28)27-23)12-17(13-25)22(29)26-18-9-11-34(31,32)14-18/h3-8,10,12,18H,9,11,14H2,1-2H3,(H,26,29). The molecule has 0 radical (unpaired) electrons. The number of pyridine rings is 1. The lowest BCUT2D eigenvalue weighted by Crippen LogP contribution is -2.36. The maximum Gasteiger partial charge on any atom is 0.269 e. The third kappa shape index (κ3) is 4.70. The van der Waals surface area contributed by atoms with Gasteiger partial charge in [0.2, 0.25) is 5.88 Å². The zero-order valence-electron chi connectivity index (χ0n) is 18.6. The van der Waals surface area contributed by atoms with E-state index in [2.05, 4.69) is 10.3 Å². The van der Waals surface area contributed by atoms with Gasteiger partial charge in [0.05, 0.1) is 11.5 Å². The van der Waals surface area contributed by atoms with Gasteiger partial charge in [-0.3, -0.25) is 14.0 Å². The van der Waals surface area contributed by atoms with Crippen molar-refractivity contribution in [1.82, 2.24) is 14.7 Å². The summed E-state index contributed by atoms with van der Waals surface area (Å²) in [5.74, 6) is -0.537. The number of carbonyl (C=O) groups excluding carboxylic acids is 1. The molecule has 1 aliphatic rings. The Bertz CT molecular complexity index is 1530. The van der Waals surface area contributed by atoms with Gasteiger partial charge in [-0.25, -0.2) is 8.42 Å². The Labute approximate surface area is 196 Å². The number of nitrogens with one attached hydrogen (secondary N) is 1. The number of benzene rings is 1. The van der Waals surface area contributed by atoms with E-state index in [1.807, 2.05) is 19.1 Å². The molecular formula is C24H22N4O5S. The number of ether oxygens (including phenoxy) is 1. The van der Waals surface area contributed by atoms with Crippen LogP contribution in [-0.2, 0) is 14.6 Å². The minimum absolute atomic E-state index is 0.0206. The number of para-hydroxylation sites is 1. The monoisotopic (exact) mass is 478 g/mol. The maximum atomic E-state index is 13.4. The number of fused-ring (bicyclic) bond motifs is 1. The third-order valence-corrected chi connectivity index (χ3v) is 7.34. The number of aryl methyl sites for hydroxylation is 2. The van der Waals surface area contributed by atoms with E-state index >= 15 is 0 Å². The molecule has 34 heavy (non-hydrogen) atoms. The van der Waals surface area contributed by atoms with Crippen LogP contribution in [0.4, 0.5) is 0 Å². The van der Waals surface area contributed by atoms with Gasteiger partial charge in [0.1, 0.15) is 28.6 Å². The van der Waals surface area contributed by atoms with E-state index in [1.54, 1.807) is 43.5 Å². The molecule has 1 amide bonds. The van der Waals surface area contributed by atoms with Gasteiger partial charge in [0.15, 0.2) is 9.84 Å². The molecule has 3 heterocycles. The Hall–Kier alpha value is -3.97. The van der Waals surface area contributed by atoms with Crippen molar-refractivity contribution in [2.45, 2.75) is 26.3 Å². The number of hydrogen-bond acceptors (Lipinski definition) is 7. The number of aromatic nitrogens is 2. The van der Waals surface area contributed by atoms with Crippen LogP contribution in [0.3, 0.4) is 0 Å². The number of nitrogens with zero attached hydrogens (tertiary/aromatic N) is 3. The van der Waals surface area contributed by atoms with E-state index in [0.717, 1.165) is 17.2 Å². The lowest BCUT2D eigenvalue weighted by Gasteiger charge is -2.13. The van der Waals surface area contributed by atoms with Crippen LogP contribution in [0.15, 0.2) is 53.0 Å². The number of hydrogen-bond donors (Lipinski definition) is 1. The van der Waals surface area contributed by atoms with Crippen molar-refractivity contribution in [1.29, 1.82) is 5.26 Å². The molecule has 0 saturated carbocycles. The summed E-state index contributed by atoms with van der Waals surface area (Å²) in [5.41, 5.74) is 0.992. The molecule has 1 N–H and O–H groups in total. The van der Waals surface area contributed by atoms with Crippen LogP contribution in [0.5, 0.6) is 11.6 Å². The normalized spacial score (nSPS) is 17.3. The molecule has 2 aromatic heterocycles. The Balaban J connectivity index is 1.81. The topological polar surface area (TPSA) is 131 Å². The summed E-state index contributed by atoms with van der Waals surface area (Å²) in [6.45, 7) is 3.65. The number of rotatable bonds is 5. The van der Waals surface area contributed by atoms with Crippen molar-refractivity contribution >= 4 is 27.5 Å². The number of amides is 1. The van der Waals surface area contributed by atoms with Crippen molar-refractivity contribution in [3.63, 3.8) is 0 Å². The van der Waals surface area contributed by atoms with Gasteiger partial charge in [-0.2, -0.15) is 10.2 Å². The zero-order valence-corrected chi connectivity index (χ0v) is 19.4. The van der Waals surface area contributed by atoms with Crippen LogP contribution < -0.4 is 15.6 Å². The predicted octanol–water partition coefficient (Wildman–Crippen LogP) is 2.31. The zero-order chi connectivity index (χ0) is 24.5. The maximum absolute atomic E-state index is 13.4. The van der Waals surface area contributed by atoms with Crippen LogP contribution in [0.1, 0.15) is 23.1 Å².